The van der Waals surface area contributed by atoms with Crippen LogP contribution in [-0.2, 0) is 9.84 Å². The summed E-state index contributed by atoms with van der Waals surface area (Å²) in [6.45, 7) is 1.64. The highest BCUT2D eigenvalue weighted by molar-refractivity contribution is 7.91. The van der Waals surface area contributed by atoms with E-state index in [-0.39, 0.29) is 23.4 Å². The fraction of sp³-hybridized carbons (Fsp3) is 0.583. The molecule has 0 radical (unpaired) electrons. The summed E-state index contributed by atoms with van der Waals surface area (Å²) in [5.74, 6) is -0.0441. The number of sulfone groups is 1. The Balaban J connectivity index is 2.58. The molecule has 1 N–H and O–H groups in total. The van der Waals surface area contributed by atoms with Crippen LogP contribution >= 0.6 is 0 Å². The van der Waals surface area contributed by atoms with Crippen molar-refractivity contribution in [3.8, 4) is 0 Å². The smallest absolute Gasteiger partial charge is 0.150 e. The fourth-order valence-electron chi connectivity index (χ4n) is 1.75. The molecule has 0 saturated heterocycles. The van der Waals surface area contributed by atoms with Gasteiger partial charge in [0.25, 0.3) is 0 Å². The first kappa shape index (κ1) is 15.0. The van der Waals surface area contributed by atoms with E-state index in [0.717, 1.165) is 11.8 Å². The van der Waals surface area contributed by atoms with Crippen LogP contribution in [-0.4, -0.2) is 32.0 Å². The van der Waals surface area contributed by atoms with Gasteiger partial charge in [0, 0.05) is 18.0 Å². The van der Waals surface area contributed by atoms with Gasteiger partial charge >= 0.3 is 0 Å². The molecule has 0 saturated carbocycles. The number of pyridine rings is 1. The molecule has 0 fully saturated rings. The molecule has 6 heteroatoms. The number of hydrogen-bond donors (Lipinski definition) is 1. The summed E-state index contributed by atoms with van der Waals surface area (Å²) in [4.78, 5) is 3.79. The van der Waals surface area contributed by atoms with Gasteiger partial charge in [-0.25, -0.2) is 12.8 Å². The molecule has 0 bridgehead atoms. The Labute approximate surface area is 108 Å². The molecule has 0 aromatic carbocycles. The standard InChI is InChI=1S/C12H19FN2O2S/c1-3-18(16,17)6-4-5-12(14-2)10-7-11(13)9-15-8-10/h7-9,12,14H,3-6H2,1-2H3. The monoisotopic (exact) mass is 274 g/mol. The Morgan fingerprint density at radius 1 is 1.44 bits per heavy atom. The zero-order valence-electron chi connectivity index (χ0n) is 10.7. The van der Waals surface area contributed by atoms with Crippen LogP contribution in [0.25, 0.3) is 0 Å². The maximum Gasteiger partial charge on any atom is 0.150 e. The van der Waals surface area contributed by atoms with Gasteiger partial charge in [0.15, 0.2) is 0 Å². The van der Waals surface area contributed by atoms with Crippen molar-refractivity contribution in [3.63, 3.8) is 0 Å². The second-order valence-electron chi connectivity index (χ2n) is 4.16. The van der Waals surface area contributed by atoms with Crippen LogP contribution in [0.1, 0.15) is 31.4 Å². The Bertz CT molecular complexity index is 477. The Kier molecular flexibility index (Phi) is 5.68. The zero-order chi connectivity index (χ0) is 13.6. The van der Waals surface area contributed by atoms with Crippen molar-refractivity contribution in [3.05, 3.63) is 29.8 Å². The van der Waals surface area contributed by atoms with E-state index in [1.165, 1.54) is 6.07 Å². The minimum atomic E-state index is -2.93. The summed E-state index contributed by atoms with van der Waals surface area (Å²) in [5, 5.41) is 3.05. The lowest BCUT2D eigenvalue weighted by Crippen LogP contribution is -2.18. The molecule has 1 rings (SSSR count). The molecule has 1 aromatic heterocycles. The topological polar surface area (TPSA) is 59.1 Å². The normalized spacial score (nSPS) is 13.5. The maximum absolute atomic E-state index is 13.0. The van der Waals surface area contributed by atoms with Gasteiger partial charge in [0.05, 0.1) is 11.9 Å². The van der Waals surface area contributed by atoms with Gasteiger partial charge in [-0.3, -0.25) is 4.98 Å². The lowest BCUT2D eigenvalue weighted by Gasteiger charge is -2.16. The van der Waals surface area contributed by atoms with Crippen LogP contribution in [0, 0.1) is 5.82 Å². The van der Waals surface area contributed by atoms with Crippen molar-refractivity contribution in [2.75, 3.05) is 18.6 Å². The van der Waals surface area contributed by atoms with Crippen molar-refractivity contribution in [1.82, 2.24) is 10.3 Å². The molecular formula is C12H19FN2O2S. The maximum atomic E-state index is 13.0. The third-order valence-electron chi connectivity index (χ3n) is 2.86. The van der Waals surface area contributed by atoms with Gasteiger partial charge in [-0.1, -0.05) is 6.92 Å². The predicted octanol–water partition coefficient (Wildman–Crippen LogP) is 1.70. The second kappa shape index (κ2) is 6.80. The van der Waals surface area contributed by atoms with Gasteiger partial charge in [0.2, 0.25) is 0 Å². The van der Waals surface area contributed by atoms with Crippen LogP contribution < -0.4 is 5.32 Å². The van der Waals surface area contributed by atoms with Crippen LogP contribution in [0.5, 0.6) is 0 Å². The zero-order valence-corrected chi connectivity index (χ0v) is 11.5. The first-order chi connectivity index (χ1) is 8.48. The van der Waals surface area contributed by atoms with Gasteiger partial charge in [-0.15, -0.1) is 0 Å². The Morgan fingerprint density at radius 3 is 2.72 bits per heavy atom. The second-order valence-corrected chi connectivity index (χ2v) is 6.63. The summed E-state index contributed by atoms with van der Waals surface area (Å²) < 4.78 is 35.8. The Hall–Kier alpha value is -1.01. The lowest BCUT2D eigenvalue weighted by molar-refractivity contribution is 0.527. The van der Waals surface area contributed by atoms with E-state index in [2.05, 4.69) is 10.3 Å². The first-order valence-electron chi connectivity index (χ1n) is 5.96. The van der Waals surface area contributed by atoms with Gasteiger partial charge in [-0.2, -0.15) is 0 Å². The minimum Gasteiger partial charge on any atom is -0.313 e. The summed E-state index contributed by atoms with van der Waals surface area (Å²) in [5.41, 5.74) is 0.742. The van der Waals surface area contributed by atoms with Crippen molar-refractivity contribution >= 4 is 9.84 Å². The van der Waals surface area contributed by atoms with Crippen LogP contribution in [0.15, 0.2) is 18.5 Å². The predicted molar refractivity (Wildman–Crippen MR) is 69.6 cm³/mol. The highest BCUT2D eigenvalue weighted by atomic mass is 32.2. The molecule has 102 valence electrons. The van der Waals surface area contributed by atoms with Crippen molar-refractivity contribution in [2.24, 2.45) is 0 Å². The highest BCUT2D eigenvalue weighted by Crippen LogP contribution is 2.18. The number of halogens is 1. The number of rotatable bonds is 7. The SMILES string of the molecule is CCS(=O)(=O)CCCC(NC)c1cncc(F)c1. The molecule has 1 heterocycles. The van der Waals surface area contributed by atoms with Gasteiger partial charge < -0.3 is 5.32 Å². The van der Waals surface area contributed by atoms with E-state index < -0.39 is 9.84 Å². The van der Waals surface area contributed by atoms with Crippen molar-refractivity contribution in [2.45, 2.75) is 25.8 Å². The minimum absolute atomic E-state index is 0.0692. The molecule has 4 nitrogen and oxygen atoms in total. The molecule has 0 spiro atoms. The average molecular weight is 274 g/mol. The summed E-state index contributed by atoms with van der Waals surface area (Å²) in [7, 11) is -1.16. The molecule has 1 aromatic rings. The number of nitrogens with zero attached hydrogens (tertiary/aromatic N) is 1. The highest BCUT2D eigenvalue weighted by Gasteiger charge is 2.13. The van der Waals surface area contributed by atoms with E-state index in [9.17, 15) is 12.8 Å². The largest absolute Gasteiger partial charge is 0.313 e. The number of hydrogen-bond acceptors (Lipinski definition) is 4. The van der Waals surface area contributed by atoms with Crippen LogP contribution in [0.4, 0.5) is 4.39 Å². The van der Waals surface area contributed by atoms with E-state index in [1.54, 1.807) is 20.2 Å². The van der Waals surface area contributed by atoms with Gasteiger partial charge in [0.1, 0.15) is 15.7 Å². The van der Waals surface area contributed by atoms with E-state index >= 15 is 0 Å². The molecule has 0 aliphatic rings. The molecule has 0 aliphatic heterocycles. The first-order valence-corrected chi connectivity index (χ1v) is 7.78. The Morgan fingerprint density at radius 2 is 2.17 bits per heavy atom. The molecular weight excluding hydrogens is 255 g/mol. The van der Waals surface area contributed by atoms with E-state index in [4.69, 9.17) is 0 Å². The third kappa shape index (κ3) is 4.70. The number of nitrogens with one attached hydrogen (secondary N) is 1. The average Bonchev–Trinajstić information content (AvgIpc) is 2.34. The number of aromatic nitrogens is 1. The third-order valence-corrected chi connectivity index (χ3v) is 4.66. The lowest BCUT2D eigenvalue weighted by atomic mass is 10.0. The van der Waals surface area contributed by atoms with Crippen LogP contribution in [0.2, 0.25) is 0 Å². The molecule has 1 atom stereocenters. The molecule has 0 aliphatic carbocycles. The summed E-state index contributed by atoms with van der Waals surface area (Å²) in [6.07, 6.45) is 3.94. The van der Waals surface area contributed by atoms with Gasteiger partial charge in [-0.05, 0) is 31.5 Å². The quantitative estimate of drug-likeness (QED) is 0.822. The van der Waals surface area contributed by atoms with Crippen molar-refractivity contribution < 1.29 is 12.8 Å². The summed E-state index contributed by atoms with van der Waals surface area (Å²) >= 11 is 0. The summed E-state index contributed by atoms with van der Waals surface area (Å²) in [6, 6.07) is 1.35. The van der Waals surface area contributed by atoms with Crippen molar-refractivity contribution in [1.29, 1.82) is 0 Å². The van der Waals surface area contributed by atoms with E-state index in [0.29, 0.717) is 12.8 Å². The van der Waals surface area contributed by atoms with E-state index in [1.807, 2.05) is 0 Å². The molecule has 0 amide bonds. The molecule has 1 unspecified atom stereocenters. The van der Waals surface area contributed by atoms with Crippen LogP contribution in [0.3, 0.4) is 0 Å². The fourth-order valence-corrected chi connectivity index (χ4v) is 2.64. The molecule has 18 heavy (non-hydrogen) atoms.